The first-order valence-corrected chi connectivity index (χ1v) is 3.73. The molecule has 0 saturated heterocycles. The maximum Gasteiger partial charge on any atom is 0.106 e. The molecule has 1 aromatic rings. The van der Waals surface area contributed by atoms with Crippen LogP contribution in [0.4, 0.5) is 0 Å². The van der Waals surface area contributed by atoms with E-state index < -0.39 is 0 Å². The van der Waals surface area contributed by atoms with E-state index in [4.69, 9.17) is 0 Å². The predicted octanol–water partition coefficient (Wildman–Crippen LogP) is 2.52. The topological polar surface area (TPSA) is 29.4 Å². The summed E-state index contributed by atoms with van der Waals surface area (Å²) in [5.74, 6) is 0. The van der Waals surface area contributed by atoms with Gasteiger partial charge in [0.05, 0.1) is 0 Å². The highest BCUT2D eigenvalue weighted by molar-refractivity contribution is 5.23. The Labute approximate surface area is 66.2 Å². The van der Waals surface area contributed by atoms with Crippen molar-refractivity contribution < 1.29 is 0 Å². The van der Waals surface area contributed by atoms with E-state index >= 15 is 0 Å². The van der Waals surface area contributed by atoms with Crippen molar-refractivity contribution in [2.24, 2.45) is 5.18 Å². The van der Waals surface area contributed by atoms with Gasteiger partial charge in [0.2, 0.25) is 0 Å². The van der Waals surface area contributed by atoms with Gasteiger partial charge in [-0.3, -0.25) is 0 Å². The third-order valence-corrected chi connectivity index (χ3v) is 1.65. The summed E-state index contributed by atoms with van der Waals surface area (Å²) in [4.78, 5) is 9.92. The predicted molar refractivity (Wildman–Crippen MR) is 45.3 cm³/mol. The maximum atomic E-state index is 9.92. The van der Waals surface area contributed by atoms with Crippen molar-refractivity contribution in [2.75, 3.05) is 0 Å². The van der Waals surface area contributed by atoms with Crippen molar-refractivity contribution in [2.45, 2.75) is 19.9 Å². The molecule has 0 aliphatic heterocycles. The third-order valence-electron chi connectivity index (χ3n) is 1.65. The molecule has 0 bridgehead atoms. The summed E-state index contributed by atoms with van der Waals surface area (Å²) in [6.45, 7) is 2.38. The Morgan fingerprint density at radius 1 is 1.36 bits per heavy atom. The van der Waals surface area contributed by atoms with Crippen LogP contribution in [0.3, 0.4) is 0 Å². The lowest BCUT2D eigenvalue weighted by atomic mass is 10.1. The molecule has 58 valence electrons. The molecule has 0 fully saturated rings. The van der Waals surface area contributed by atoms with E-state index in [-0.39, 0.29) is 6.54 Å². The van der Waals surface area contributed by atoms with Gasteiger partial charge in [0.25, 0.3) is 0 Å². The van der Waals surface area contributed by atoms with Crippen molar-refractivity contribution in [1.82, 2.24) is 0 Å². The van der Waals surface area contributed by atoms with Crippen molar-refractivity contribution in [1.29, 1.82) is 0 Å². The number of rotatable bonds is 3. The van der Waals surface area contributed by atoms with Gasteiger partial charge >= 0.3 is 0 Å². The van der Waals surface area contributed by atoms with Crippen LogP contribution in [0.15, 0.2) is 29.4 Å². The molecular formula is C9H11NO. The van der Waals surface area contributed by atoms with E-state index in [9.17, 15) is 4.91 Å². The highest BCUT2D eigenvalue weighted by Crippen LogP contribution is 2.06. The van der Waals surface area contributed by atoms with E-state index in [2.05, 4.69) is 12.1 Å². The molecule has 2 heteroatoms. The molecule has 0 radical (unpaired) electrons. The summed E-state index contributed by atoms with van der Waals surface area (Å²) in [6.07, 6.45) is 1.01. The van der Waals surface area contributed by atoms with Crippen LogP contribution < -0.4 is 0 Å². The second-order valence-electron chi connectivity index (χ2n) is 2.46. The van der Waals surface area contributed by atoms with Crippen molar-refractivity contribution in [3.8, 4) is 0 Å². The van der Waals surface area contributed by atoms with Gasteiger partial charge < -0.3 is 0 Å². The second-order valence-corrected chi connectivity index (χ2v) is 2.46. The lowest BCUT2D eigenvalue weighted by Gasteiger charge is -1.97. The summed E-state index contributed by atoms with van der Waals surface area (Å²) >= 11 is 0. The van der Waals surface area contributed by atoms with Crippen molar-refractivity contribution in [3.63, 3.8) is 0 Å². The standard InChI is InChI=1S/C9H11NO/c1-2-8-4-3-5-9(6-8)7-10-11/h3-6H,2,7H2,1H3. The highest BCUT2D eigenvalue weighted by Gasteiger charge is 1.92. The van der Waals surface area contributed by atoms with E-state index in [1.807, 2.05) is 24.3 Å². The van der Waals surface area contributed by atoms with Crippen LogP contribution >= 0.6 is 0 Å². The molecule has 0 aliphatic carbocycles. The first-order valence-electron chi connectivity index (χ1n) is 3.73. The average molecular weight is 149 g/mol. The first-order chi connectivity index (χ1) is 5.36. The molecule has 0 heterocycles. The van der Waals surface area contributed by atoms with Crippen molar-refractivity contribution in [3.05, 3.63) is 40.3 Å². The molecule has 0 unspecified atom stereocenters. The lowest BCUT2D eigenvalue weighted by molar-refractivity contribution is 1.03. The zero-order chi connectivity index (χ0) is 8.10. The molecule has 1 aromatic carbocycles. The van der Waals surface area contributed by atoms with Gasteiger partial charge in [-0.15, -0.1) is 0 Å². The van der Waals surface area contributed by atoms with Crippen LogP contribution in [0.25, 0.3) is 0 Å². The molecule has 0 spiro atoms. The van der Waals surface area contributed by atoms with Gasteiger partial charge in [-0.2, -0.15) is 4.91 Å². The molecule has 0 aliphatic rings. The lowest BCUT2D eigenvalue weighted by Crippen LogP contribution is -1.84. The van der Waals surface area contributed by atoms with Gasteiger partial charge in [-0.25, -0.2) is 0 Å². The Kier molecular flexibility index (Phi) is 2.78. The van der Waals surface area contributed by atoms with Crippen LogP contribution in [-0.2, 0) is 13.0 Å². The Bertz CT molecular complexity index is 245. The van der Waals surface area contributed by atoms with Crippen LogP contribution in [0.1, 0.15) is 18.1 Å². The molecule has 0 atom stereocenters. The van der Waals surface area contributed by atoms with Gasteiger partial charge in [-0.05, 0) is 17.5 Å². The fourth-order valence-electron chi connectivity index (χ4n) is 1.02. The summed E-state index contributed by atoms with van der Waals surface area (Å²) < 4.78 is 0. The molecule has 0 saturated carbocycles. The number of benzene rings is 1. The van der Waals surface area contributed by atoms with E-state index in [1.54, 1.807) is 0 Å². The van der Waals surface area contributed by atoms with Gasteiger partial charge in [0.15, 0.2) is 0 Å². The minimum Gasteiger partial charge on any atom is -0.150 e. The fourth-order valence-corrected chi connectivity index (χ4v) is 1.02. The molecule has 2 nitrogen and oxygen atoms in total. The second kappa shape index (κ2) is 3.86. The number of aryl methyl sites for hydroxylation is 1. The highest BCUT2D eigenvalue weighted by atomic mass is 16.3. The van der Waals surface area contributed by atoms with E-state index in [0.717, 1.165) is 12.0 Å². The van der Waals surface area contributed by atoms with Crippen LogP contribution in [0.2, 0.25) is 0 Å². The van der Waals surface area contributed by atoms with E-state index in [1.165, 1.54) is 5.56 Å². The number of nitrogens with zero attached hydrogens (tertiary/aromatic N) is 1. The zero-order valence-electron chi connectivity index (χ0n) is 6.58. The SMILES string of the molecule is CCc1cccc(CN=O)c1. The quantitative estimate of drug-likeness (QED) is 0.607. The number of nitroso groups, excluding NO2 is 1. The molecule has 11 heavy (non-hydrogen) atoms. The minimum absolute atomic E-state index is 0.286. The third kappa shape index (κ3) is 2.15. The molecule has 1 rings (SSSR count). The average Bonchev–Trinajstić information content (AvgIpc) is 2.06. The van der Waals surface area contributed by atoms with Gasteiger partial charge in [0, 0.05) is 0 Å². The largest absolute Gasteiger partial charge is 0.150 e. The Hall–Kier alpha value is -1.18. The molecule has 0 N–H and O–H groups in total. The Morgan fingerprint density at radius 3 is 2.73 bits per heavy atom. The van der Waals surface area contributed by atoms with Crippen LogP contribution in [-0.4, -0.2) is 0 Å². The molecule has 0 aromatic heterocycles. The Morgan fingerprint density at radius 2 is 2.09 bits per heavy atom. The summed E-state index contributed by atoms with van der Waals surface area (Å²) in [6, 6.07) is 7.94. The summed E-state index contributed by atoms with van der Waals surface area (Å²) in [7, 11) is 0. The molecule has 0 amide bonds. The summed E-state index contributed by atoms with van der Waals surface area (Å²) in [5.41, 5.74) is 2.26. The first kappa shape index (κ1) is 7.92. The maximum absolute atomic E-state index is 9.92. The summed E-state index contributed by atoms with van der Waals surface area (Å²) in [5, 5.41) is 2.83. The minimum atomic E-state index is 0.286. The Balaban J connectivity index is 2.82. The zero-order valence-corrected chi connectivity index (χ0v) is 6.58. The fraction of sp³-hybridized carbons (Fsp3) is 0.333. The number of hydrogen-bond donors (Lipinski definition) is 0. The molecular weight excluding hydrogens is 138 g/mol. The van der Waals surface area contributed by atoms with Crippen molar-refractivity contribution >= 4 is 0 Å². The smallest absolute Gasteiger partial charge is 0.106 e. The van der Waals surface area contributed by atoms with Crippen LogP contribution in [0, 0.1) is 4.91 Å². The monoisotopic (exact) mass is 149 g/mol. The van der Waals surface area contributed by atoms with E-state index in [0.29, 0.717) is 0 Å². The normalized spacial score (nSPS) is 9.55. The van der Waals surface area contributed by atoms with Gasteiger partial charge in [0.1, 0.15) is 6.54 Å². The van der Waals surface area contributed by atoms with Gasteiger partial charge in [-0.1, -0.05) is 36.4 Å². The van der Waals surface area contributed by atoms with Crippen LogP contribution in [0.5, 0.6) is 0 Å². The number of hydrogen-bond acceptors (Lipinski definition) is 2.